The molecule has 0 amide bonds. The van der Waals surface area contributed by atoms with Gasteiger partial charge in [0.15, 0.2) is 5.78 Å². The molecule has 1 unspecified atom stereocenters. The van der Waals surface area contributed by atoms with Gasteiger partial charge in [0.05, 0.1) is 17.9 Å². The Morgan fingerprint density at radius 1 is 1.32 bits per heavy atom. The van der Waals surface area contributed by atoms with Gasteiger partial charge in [0.2, 0.25) is 0 Å². The number of aromatic hydroxyl groups is 1. The molecule has 0 bridgehead atoms. The van der Waals surface area contributed by atoms with Crippen molar-refractivity contribution < 1.29 is 15.0 Å². The van der Waals surface area contributed by atoms with E-state index in [1.54, 1.807) is 12.3 Å². The number of halogens is 1. The first-order chi connectivity index (χ1) is 11.9. The summed E-state index contributed by atoms with van der Waals surface area (Å²) in [7, 11) is 0. The third-order valence-electron chi connectivity index (χ3n) is 4.40. The summed E-state index contributed by atoms with van der Waals surface area (Å²) in [6.45, 7) is 2.09. The normalized spacial score (nSPS) is 20.5. The van der Waals surface area contributed by atoms with E-state index < -0.39 is 0 Å². The van der Waals surface area contributed by atoms with Gasteiger partial charge in [-0.15, -0.1) is 0 Å². The second kappa shape index (κ2) is 6.77. The molecule has 25 heavy (non-hydrogen) atoms. The van der Waals surface area contributed by atoms with Crippen molar-refractivity contribution in [1.29, 1.82) is 5.26 Å². The topological polar surface area (TPSA) is 84.6 Å². The number of phenols is 1. The van der Waals surface area contributed by atoms with E-state index in [-0.39, 0.29) is 29.6 Å². The lowest BCUT2D eigenvalue weighted by Crippen LogP contribution is -2.27. The number of allylic oxidation sites excluding steroid dienone is 4. The number of carbonyl (C=O) groups is 1. The molecule has 1 atom stereocenters. The smallest absolute Gasteiger partial charge is 0.184 e. The van der Waals surface area contributed by atoms with Crippen molar-refractivity contribution in [3.8, 4) is 11.8 Å². The van der Waals surface area contributed by atoms with Gasteiger partial charge in [0.25, 0.3) is 0 Å². The maximum absolute atomic E-state index is 12.8. The number of aliphatic hydroxyl groups excluding tert-OH is 1. The number of nitriles is 1. The first-order valence-corrected chi connectivity index (χ1v) is 8.72. The van der Waals surface area contributed by atoms with Crippen molar-refractivity contribution in [2.45, 2.75) is 19.8 Å². The third kappa shape index (κ3) is 3.33. The van der Waals surface area contributed by atoms with E-state index in [0.717, 1.165) is 5.70 Å². The first kappa shape index (κ1) is 17.3. The van der Waals surface area contributed by atoms with Gasteiger partial charge in [-0.25, -0.2) is 0 Å². The Morgan fingerprint density at radius 2 is 2.08 bits per heavy atom. The summed E-state index contributed by atoms with van der Waals surface area (Å²) < 4.78 is 0.621. The number of nitrogens with zero attached hydrogens (tertiary/aromatic N) is 2. The summed E-state index contributed by atoms with van der Waals surface area (Å²) in [6.07, 6.45) is 6.67. The molecule has 0 aromatic heterocycles. The summed E-state index contributed by atoms with van der Waals surface area (Å²) in [4.78, 5) is 14.7. The number of fused-ring (bicyclic) bond motifs is 1. The van der Waals surface area contributed by atoms with Crippen LogP contribution in [0.1, 0.15) is 41.3 Å². The average molecular weight is 401 g/mol. The quantitative estimate of drug-likeness (QED) is 0.737. The van der Waals surface area contributed by atoms with Crippen molar-refractivity contribution in [3.63, 3.8) is 0 Å². The predicted molar refractivity (Wildman–Crippen MR) is 98.0 cm³/mol. The number of carbonyl (C=O) groups excluding carboxylic acids is 1. The molecule has 1 aromatic rings. The molecule has 0 radical (unpaired) electrons. The number of phenolic OH excluding ortho intramolecular Hbond substituents is 1. The molecule has 6 heteroatoms. The Labute approximate surface area is 154 Å². The summed E-state index contributed by atoms with van der Waals surface area (Å²) in [5.41, 5.74) is 1.93. The Balaban J connectivity index is 2.05. The molecular formula is C19H17BrN2O3. The number of Topliss-reactive ketones (excluding diaryl/α,β-unsaturated/α-hetero) is 1. The lowest BCUT2D eigenvalue weighted by molar-refractivity contribution is 0.0964. The minimum Gasteiger partial charge on any atom is -0.513 e. The van der Waals surface area contributed by atoms with Crippen LogP contribution in [0.3, 0.4) is 0 Å². The Hall–Kier alpha value is -2.52. The molecule has 0 spiro atoms. The highest BCUT2D eigenvalue weighted by Crippen LogP contribution is 2.36. The molecule has 1 aromatic carbocycles. The molecule has 1 aliphatic heterocycles. The van der Waals surface area contributed by atoms with Gasteiger partial charge in [0.1, 0.15) is 11.8 Å². The molecule has 0 saturated heterocycles. The highest BCUT2D eigenvalue weighted by atomic mass is 79.9. The molecule has 0 saturated carbocycles. The maximum Gasteiger partial charge on any atom is 0.184 e. The highest BCUT2D eigenvalue weighted by molar-refractivity contribution is 9.15. The van der Waals surface area contributed by atoms with Crippen LogP contribution in [-0.2, 0) is 0 Å². The summed E-state index contributed by atoms with van der Waals surface area (Å²) in [5.74, 6) is 0.154. The molecule has 128 valence electrons. The molecular weight excluding hydrogens is 384 g/mol. The van der Waals surface area contributed by atoms with Crippen molar-refractivity contribution in [1.82, 2.24) is 4.90 Å². The molecule has 3 rings (SSSR count). The van der Waals surface area contributed by atoms with Gasteiger partial charge in [0, 0.05) is 39.8 Å². The van der Waals surface area contributed by atoms with Gasteiger partial charge in [-0.3, -0.25) is 4.79 Å². The van der Waals surface area contributed by atoms with Gasteiger partial charge >= 0.3 is 0 Å². The fourth-order valence-electron chi connectivity index (χ4n) is 3.27. The minimum atomic E-state index is -0.188. The third-order valence-corrected chi connectivity index (χ3v) is 5.03. The summed E-state index contributed by atoms with van der Waals surface area (Å²) in [5, 5.41) is 29.0. The number of hydrogen-bond acceptors (Lipinski definition) is 5. The molecule has 1 heterocycles. The molecule has 5 nitrogen and oxygen atoms in total. The number of rotatable bonds is 1. The SMILES string of the molecule is CC1CC(O)=CCC=C1N1C=C(Br)c2cc(O)cc(C#N)c2C(=O)C1. The van der Waals surface area contributed by atoms with Gasteiger partial charge < -0.3 is 15.1 Å². The second-order valence-electron chi connectivity index (χ2n) is 6.22. The van der Waals surface area contributed by atoms with Crippen molar-refractivity contribution in [3.05, 3.63) is 58.6 Å². The van der Waals surface area contributed by atoms with Crippen LogP contribution in [0.4, 0.5) is 0 Å². The van der Waals surface area contributed by atoms with Gasteiger partial charge in [-0.1, -0.05) is 13.0 Å². The van der Waals surface area contributed by atoms with E-state index >= 15 is 0 Å². The van der Waals surface area contributed by atoms with Crippen LogP contribution < -0.4 is 0 Å². The van der Waals surface area contributed by atoms with Crippen LogP contribution in [0.5, 0.6) is 5.75 Å². The van der Waals surface area contributed by atoms with E-state index in [4.69, 9.17) is 0 Å². The number of ketones is 1. The van der Waals surface area contributed by atoms with E-state index in [9.17, 15) is 20.3 Å². The molecule has 1 aliphatic carbocycles. The van der Waals surface area contributed by atoms with Crippen LogP contribution in [-0.4, -0.2) is 27.4 Å². The van der Waals surface area contributed by atoms with Crippen molar-refractivity contribution in [2.24, 2.45) is 5.92 Å². The number of hydrogen-bond donors (Lipinski definition) is 2. The minimum absolute atomic E-state index is 0.0492. The van der Waals surface area contributed by atoms with Crippen LogP contribution in [0.25, 0.3) is 4.48 Å². The van der Waals surface area contributed by atoms with E-state index in [2.05, 4.69) is 15.9 Å². The zero-order chi connectivity index (χ0) is 18.1. The van der Waals surface area contributed by atoms with E-state index in [0.29, 0.717) is 34.2 Å². The predicted octanol–water partition coefficient (Wildman–Crippen LogP) is 4.21. The fraction of sp³-hybridized carbons (Fsp3) is 0.263. The highest BCUT2D eigenvalue weighted by Gasteiger charge is 2.28. The maximum atomic E-state index is 12.8. The molecule has 2 aliphatic rings. The van der Waals surface area contributed by atoms with Gasteiger partial charge in [-0.05, 0) is 40.6 Å². The average Bonchev–Trinajstić information content (AvgIpc) is 2.79. The monoisotopic (exact) mass is 400 g/mol. The zero-order valence-corrected chi connectivity index (χ0v) is 15.2. The van der Waals surface area contributed by atoms with Crippen molar-refractivity contribution in [2.75, 3.05) is 6.54 Å². The summed E-state index contributed by atoms with van der Waals surface area (Å²) >= 11 is 3.48. The Kier molecular flexibility index (Phi) is 4.69. The number of aliphatic hydroxyl groups is 1. The largest absolute Gasteiger partial charge is 0.513 e. The van der Waals surface area contributed by atoms with Crippen LogP contribution in [0, 0.1) is 17.2 Å². The number of benzene rings is 1. The first-order valence-electron chi connectivity index (χ1n) is 7.93. The molecule has 2 N–H and O–H groups in total. The zero-order valence-electron chi connectivity index (χ0n) is 13.7. The summed E-state index contributed by atoms with van der Waals surface area (Å²) in [6, 6.07) is 4.78. The van der Waals surface area contributed by atoms with E-state index in [1.165, 1.54) is 12.1 Å². The van der Waals surface area contributed by atoms with E-state index in [1.807, 2.05) is 24.0 Å². The molecule has 0 fully saturated rings. The second-order valence-corrected chi connectivity index (χ2v) is 7.08. The lowest BCUT2D eigenvalue weighted by atomic mass is 9.97. The standard InChI is InChI=1S/C19H17BrN2O3/c1-11-5-13(23)3-2-4-17(11)22-9-16(20)15-7-14(24)6-12(8-21)19(15)18(25)10-22/h3-4,6-7,9,11,23-24H,2,5,10H2,1H3. The van der Waals surface area contributed by atoms with Gasteiger partial charge in [-0.2, -0.15) is 5.26 Å². The van der Waals surface area contributed by atoms with Crippen LogP contribution in [0.2, 0.25) is 0 Å². The van der Waals surface area contributed by atoms with Crippen LogP contribution >= 0.6 is 15.9 Å². The van der Waals surface area contributed by atoms with Crippen molar-refractivity contribution >= 4 is 26.2 Å². The fourth-order valence-corrected chi connectivity index (χ4v) is 3.83. The van der Waals surface area contributed by atoms with Crippen LogP contribution in [0.15, 0.2) is 41.9 Å². The Morgan fingerprint density at radius 3 is 2.80 bits per heavy atom. The lowest BCUT2D eigenvalue weighted by Gasteiger charge is -2.26. The Bertz CT molecular complexity index is 877.